The lowest BCUT2D eigenvalue weighted by atomic mass is 10.2. The van der Waals surface area contributed by atoms with Crippen LogP contribution < -0.4 is 4.74 Å². The van der Waals surface area contributed by atoms with Gasteiger partial charge in [-0.05, 0) is 29.6 Å². The van der Waals surface area contributed by atoms with Gasteiger partial charge >= 0.3 is 0 Å². The van der Waals surface area contributed by atoms with Gasteiger partial charge in [0.2, 0.25) is 0 Å². The zero-order valence-electron chi connectivity index (χ0n) is 7.47. The third-order valence-electron chi connectivity index (χ3n) is 1.72. The molecule has 0 saturated carbocycles. The minimum absolute atomic E-state index is 0.503. The quantitative estimate of drug-likeness (QED) is 0.302. The van der Waals surface area contributed by atoms with Gasteiger partial charge in [-0.15, -0.1) is 0 Å². The molecule has 0 atom stereocenters. The van der Waals surface area contributed by atoms with Gasteiger partial charge in [0, 0.05) is 11.5 Å². The zero-order chi connectivity index (χ0) is 9.52. The van der Waals surface area contributed by atoms with E-state index in [9.17, 15) is 0 Å². The Morgan fingerprint density at radius 3 is 2.62 bits per heavy atom. The molecule has 4 heteroatoms. The van der Waals surface area contributed by atoms with Crippen molar-refractivity contribution < 1.29 is 4.74 Å². The summed E-state index contributed by atoms with van der Waals surface area (Å²) < 4.78 is 5.01. The van der Waals surface area contributed by atoms with E-state index in [0.29, 0.717) is 6.54 Å². The molecule has 1 aromatic carbocycles. The van der Waals surface area contributed by atoms with Crippen molar-refractivity contribution in [1.29, 1.82) is 0 Å². The first-order valence-electron chi connectivity index (χ1n) is 4.00. The van der Waals surface area contributed by atoms with Crippen LogP contribution in [0.5, 0.6) is 5.75 Å². The molecule has 0 heterocycles. The standard InChI is InChI=1S/C9H11N3O/c1-13-9-4-2-8(3-5-9)6-7-11-12-10/h2-5H,6-7H2,1H3/i7+1. The van der Waals surface area contributed by atoms with Gasteiger partial charge in [-0.3, -0.25) is 0 Å². The van der Waals surface area contributed by atoms with Crippen LogP contribution in [0.15, 0.2) is 29.4 Å². The highest BCUT2D eigenvalue weighted by molar-refractivity contribution is 5.27. The van der Waals surface area contributed by atoms with Gasteiger partial charge < -0.3 is 4.74 Å². The molecule has 13 heavy (non-hydrogen) atoms. The second-order valence-electron chi connectivity index (χ2n) is 2.55. The third kappa shape index (κ3) is 3.05. The Bertz CT molecular complexity index is 301. The summed E-state index contributed by atoms with van der Waals surface area (Å²) in [6.45, 7) is 0.503. The molecular weight excluding hydrogens is 167 g/mol. The van der Waals surface area contributed by atoms with Gasteiger partial charge in [-0.25, -0.2) is 0 Å². The molecule has 68 valence electrons. The number of azide groups is 1. The van der Waals surface area contributed by atoms with Gasteiger partial charge in [0.25, 0.3) is 0 Å². The van der Waals surface area contributed by atoms with Crippen LogP contribution in [-0.4, -0.2) is 13.7 Å². The maximum atomic E-state index is 8.06. The lowest BCUT2D eigenvalue weighted by Gasteiger charge is -2.00. The van der Waals surface area contributed by atoms with Crippen molar-refractivity contribution in [2.75, 3.05) is 13.7 Å². The van der Waals surface area contributed by atoms with Gasteiger partial charge in [0.1, 0.15) is 5.75 Å². The largest absolute Gasteiger partial charge is 0.497 e. The summed E-state index contributed by atoms with van der Waals surface area (Å²) in [7, 11) is 1.63. The highest BCUT2D eigenvalue weighted by atomic mass is 16.5. The highest BCUT2D eigenvalue weighted by Gasteiger charge is 1.92. The van der Waals surface area contributed by atoms with Crippen LogP contribution in [0, 0.1) is 0 Å². The molecule has 0 aliphatic rings. The second-order valence-corrected chi connectivity index (χ2v) is 2.55. The Morgan fingerprint density at radius 2 is 2.08 bits per heavy atom. The second kappa shape index (κ2) is 5.06. The molecule has 1 aromatic rings. The molecule has 0 amide bonds. The average Bonchev–Trinajstić information content (AvgIpc) is 2.19. The van der Waals surface area contributed by atoms with E-state index >= 15 is 0 Å². The number of benzene rings is 1. The van der Waals surface area contributed by atoms with E-state index in [1.807, 2.05) is 24.3 Å². The lowest BCUT2D eigenvalue weighted by molar-refractivity contribution is 0.414. The van der Waals surface area contributed by atoms with Crippen molar-refractivity contribution in [3.05, 3.63) is 40.3 Å². The minimum atomic E-state index is 0.503. The normalized spacial score (nSPS) is 9.00. The van der Waals surface area contributed by atoms with Crippen molar-refractivity contribution in [2.24, 2.45) is 5.11 Å². The summed E-state index contributed by atoms with van der Waals surface area (Å²) in [6, 6.07) is 7.72. The lowest BCUT2D eigenvalue weighted by Crippen LogP contribution is -1.88. The fourth-order valence-electron chi connectivity index (χ4n) is 1.02. The SMILES string of the molecule is COc1ccc(C[13CH2]N=[N+]=[N-])cc1. The molecule has 0 spiro atoms. The molecule has 0 saturated heterocycles. The molecule has 0 fully saturated rings. The van der Waals surface area contributed by atoms with Crippen molar-refractivity contribution in [3.63, 3.8) is 0 Å². The Labute approximate surface area is 76.8 Å². The fourth-order valence-corrected chi connectivity index (χ4v) is 1.02. The van der Waals surface area contributed by atoms with Crippen molar-refractivity contribution >= 4 is 0 Å². The first-order valence-corrected chi connectivity index (χ1v) is 4.00. The molecule has 0 unspecified atom stereocenters. The van der Waals surface area contributed by atoms with Crippen LogP contribution in [0.1, 0.15) is 5.56 Å². The summed E-state index contributed by atoms with van der Waals surface area (Å²) in [6.07, 6.45) is 0.772. The predicted octanol–water partition coefficient (Wildman–Crippen LogP) is 2.55. The molecule has 4 nitrogen and oxygen atoms in total. The molecule has 0 aliphatic heterocycles. The highest BCUT2D eigenvalue weighted by Crippen LogP contribution is 2.11. The Balaban J connectivity index is 2.53. The number of rotatable bonds is 4. The molecule has 1 rings (SSSR count). The van der Waals surface area contributed by atoms with Gasteiger partial charge in [-0.1, -0.05) is 17.2 Å². The van der Waals surface area contributed by atoms with E-state index < -0.39 is 0 Å². The van der Waals surface area contributed by atoms with Crippen LogP contribution in [0.4, 0.5) is 0 Å². The van der Waals surface area contributed by atoms with Crippen LogP contribution in [0.3, 0.4) is 0 Å². The number of nitrogens with zero attached hydrogens (tertiary/aromatic N) is 3. The van der Waals surface area contributed by atoms with E-state index in [4.69, 9.17) is 10.3 Å². The summed E-state index contributed by atoms with van der Waals surface area (Å²) >= 11 is 0. The van der Waals surface area contributed by atoms with Gasteiger partial charge in [0.05, 0.1) is 7.11 Å². The summed E-state index contributed by atoms with van der Waals surface area (Å²) in [5, 5.41) is 3.46. The number of hydrogen-bond donors (Lipinski definition) is 0. The first-order chi connectivity index (χ1) is 6.36. The Kier molecular flexibility index (Phi) is 3.67. The van der Waals surface area contributed by atoms with E-state index in [1.165, 1.54) is 0 Å². The molecule has 0 radical (unpaired) electrons. The number of methoxy groups -OCH3 is 1. The zero-order valence-corrected chi connectivity index (χ0v) is 7.47. The molecule has 0 aromatic heterocycles. The van der Waals surface area contributed by atoms with Crippen LogP contribution in [0.25, 0.3) is 10.4 Å². The summed E-state index contributed by atoms with van der Waals surface area (Å²) in [5.41, 5.74) is 9.21. The minimum Gasteiger partial charge on any atom is -0.497 e. The molecule has 0 aliphatic carbocycles. The van der Waals surface area contributed by atoms with E-state index in [-0.39, 0.29) is 0 Å². The van der Waals surface area contributed by atoms with E-state index in [2.05, 4.69) is 10.0 Å². The smallest absolute Gasteiger partial charge is 0.118 e. The molecule has 0 N–H and O–H groups in total. The fraction of sp³-hybridized carbons (Fsp3) is 0.333. The average molecular weight is 178 g/mol. The molecule has 0 bridgehead atoms. The third-order valence-corrected chi connectivity index (χ3v) is 1.72. The van der Waals surface area contributed by atoms with Gasteiger partial charge in [0.15, 0.2) is 0 Å². The number of ether oxygens (including phenoxy) is 1. The summed E-state index contributed by atoms with van der Waals surface area (Å²) in [4.78, 5) is 2.68. The van der Waals surface area contributed by atoms with E-state index in [1.54, 1.807) is 7.11 Å². The van der Waals surface area contributed by atoms with Crippen LogP contribution in [-0.2, 0) is 6.42 Å². The van der Waals surface area contributed by atoms with Crippen LogP contribution >= 0.6 is 0 Å². The molecular formula is C9H11N3O. The monoisotopic (exact) mass is 178 g/mol. The van der Waals surface area contributed by atoms with Crippen molar-refractivity contribution in [3.8, 4) is 5.75 Å². The Hall–Kier alpha value is -1.67. The number of hydrogen-bond acceptors (Lipinski definition) is 2. The maximum absolute atomic E-state index is 8.06. The summed E-state index contributed by atoms with van der Waals surface area (Å²) in [5.74, 6) is 0.840. The maximum Gasteiger partial charge on any atom is 0.118 e. The Morgan fingerprint density at radius 1 is 1.38 bits per heavy atom. The predicted molar refractivity (Wildman–Crippen MR) is 50.7 cm³/mol. The van der Waals surface area contributed by atoms with Crippen LogP contribution in [0.2, 0.25) is 0 Å². The van der Waals surface area contributed by atoms with Gasteiger partial charge in [-0.2, -0.15) is 0 Å². The van der Waals surface area contributed by atoms with Crippen molar-refractivity contribution in [1.82, 2.24) is 0 Å². The van der Waals surface area contributed by atoms with Crippen molar-refractivity contribution in [2.45, 2.75) is 6.42 Å². The van der Waals surface area contributed by atoms with E-state index in [0.717, 1.165) is 17.7 Å². The topological polar surface area (TPSA) is 58.0 Å². The first kappa shape index (κ1) is 9.42.